The molecule has 0 saturated carbocycles. The van der Waals surface area contributed by atoms with Gasteiger partial charge in [-0.05, 0) is 45.2 Å². The molecule has 0 atom stereocenters. The van der Waals surface area contributed by atoms with E-state index in [9.17, 15) is 0 Å². The lowest BCUT2D eigenvalue weighted by atomic mass is 10.6. The van der Waals surface area contributed by atoms with E-state index >= 15 is 0 Å². The summed E-state index contributed by atoms with van der Waals surface area (Å²) in [6.07, 6.45) is 0. The van der Waals surface area contributed by atoms with Crippen LogP contribution in [-0.4, -0.2) is 9.97 Å². The van der Waals surface area contributed by atoms with Gasteiger partial charge in [0.25, 0.3) is 0 Å². The van der Waals surface area contributed by atoms with Crippen molar-refractivity contribution in [2.45, 2.75) is 0 Å². The number of nitrogen functional groups attached to an aromatic ring is 2. The van der Waals surface area contributed by atoms with E-state index in [0.717, 1.165) is 7.40 Å². The highest BCUT2D eigenvalue weighted by Gasteiger charge is 2.02. The van der Waals surface area contributed by atoms with Crippen molar-refractivity contribution in [2.24, 2.45) is 0 Å². The molecule has 0 spiro atoms. The lowest BCUT2D eigenvalue weighted by Crippen LogP contribution is -2.04. The van der Waals surface area contributed by atoms with Gasteiger partial charge in [0.15, 0.2) is 11.6 Å². The number of anilines is 2. The van der Waals surface area contributed by atoms with E-state index in [2.05, 4.69) is 9.97 Å². The summed E-state index contributed by atoms with van der Waals surface area (Å²) in [4.78, 5) is 7.88. The Labute approximate surface area is 85.1 Å². The fourth-order valence-corrected chi connectivity index (χ4v) is 1.18. The minimum Gasteiger partial charge on any atom is -0.381 e. The molecule has 1 heterocycles. The summed E-state index contributed by atoms with van der Waals surface area (Å²) in [7, 11) is 0. The van der Waals surface area contributed by atoms with Crippen molar-refractivity contribution in [3.8, 4) is 0 Å². The fourth-order valence-electron chi connectivity index (χ4n) is 0.418. The highest BCUT2D eigenvalue weighted by molar-refractivity contribution is 14.1. The van der Waals surface area contributed by atoms with Crippen LogP contribution in [0, 0.1) is 7.40 Å². The Morgan fingerprint density at radius 1 is 0.900 bits per heavy atom. The molecule has 54 valence electrons. The standard InChI is InChI=1S/C4H4I2N4/c5-1-2(6)10-4(8)3(7)9-1/h(H2,7,9)(H2,8,10). The van der Waals surface area contributed by atoms with Crippen LogP contribution in [0.2, 0.25) is 0 Å². The van der Waals surface area contributed by atoms with Gasteiger partial charge in [0, 0.05) is 0 Å². The summed E-state index contributed by atoms with van der Waals surface area (Å²) in [5, 5.41) is 0. The minimum absolute atomic E-state index is 0.296. The first kappa shape index (κ1) is 8.24. The van der Waals surface area contributed by atoms with Crippen molar-refractivity contribution < 1.29 is 0 Å². The average Bonchev–Trinajstić information content (AvgIpc) is 1.84. The largest absolute Gasteiger partial charge is 0.381 e. The van der Waals surface area contributed by atoms with Gasteiger partial charge >= 0.3 is 0 Å². The van der Waals surface area contributed by atoms with Gasteiger partial charge in [-0.25, -0.2) is 9.97 Å². The molecule has 0 amide bonds. The van der Waals surface area contributed by atoms with Crippen molar-refractivity contribution in [2.75, 3.05) is 11.5 Å². The maximum atomic E-state index is 5.38. The summed E-state index contributed by atoms with van der Waals surface area (Å²) in [6.45, 7) is 0. The predicted octanol–water partition coefficient (Wildman–Crippen LogP) is 0.850. The van der Waals surface area contributed by atoms with Gasteiger partial charge in [0.05, 0.1) is 0 Å². The lowest BCUT2D eigenvalue weighted by molar-refractivity contribution is 1.14. The molecule has 0 radical (unpaired) electrons. The summed E-state index contributed by atoms with van der Waals surface area (Å²) >= 11 is 4.10. The van der Waals surface area contributed by atoms with E-state index in [1.165, 1.54) is 0 Å². The van der Waals surface area contributed by atoms with Crippen molar-refractivity contribution >= 4 is 56.8 Å². The number of aromatic nitrogens is 2. The Kier molecular flexibility index (Phi) is 2.50. The highest BCUT2D eigenvalue weighted by Crippen LogP contribution is 2.15. The molecule has 1 rings (SSSR count). The molecule has 1 aromatic rings. The summed E-state index contributed by atoms with van der Waals surface area (Å²) in [6, 6.07) is 0. The van der Waals surface area contributed by atoms with Gasteiger partial charge < -0.3 is 11.5 Å². The minimum atomic E-state index is 0.296. The van der Waals surface area contributed by atoms with Crippen LogP contribution in [0.25, 0.3) is 0 Å². The monoisotopic (exact) mass is 362 g/mol. The second-order valence-corrected chi connectivity index (χ2v) is 3.62. The zero-order valence-electron chi connectivity index (χ0n) is 4.81. The van der Waals surface area contributed by atoms with Crippen molar-refractivity contribution in [3.63, 3.8) is 0 Å². The molecule has 0 bridgehead atoms. The SMILES string of the molecule is Nc1nc(I)c(I)nc1N. The van der Waals surface area contributed by atoms with Crippen LogP contribution in [0.15, 0.2) is 0 Å². The topological polar surface area (TPSA) is 77.8 Å². The van der Waals surface area contributed by atoms with Gasteiger partial charge in [-0.15, -0.1) is 0 Å². The lowest BCUT2D eigenvalue weighted by Gasteiger charge is -1.99. The molecule has 0 fully saturated rings. The second kappa shape index (κ2) is 3.03. The van der Waals surface area contributed by atoms with Crippen LogP contribution in [0.1, 0.15) is 0 Å². The van der Waals surface area contributed by atoms with Crippen molar-refractivity contribution in [1.29, 1.82) is 0 Å². The maximum Gasteiger partial charge on any atom is 0.167 e. The summed E-state index contributed by atoms with van der Waals surface area (Å²) in [5.74, 6) is 0.592. The first-order valence-electron chi connectivity index (χ1n) is 2.35. The molecule has 0 aliphatic rings. The first-order chi connectivity index (χ1) is 4.61. The number of halogens is 2. The number of hydrogen-bond donors (Lipinski definition) is 2. The molecule has 0 aliphatic heterocycles. The van der Waals surface area contributed by atoms with Gasteiger partial charge in [-0.1, -0.05) is 0 Å². The third kappa shape index (κ3) is 1.59. The highest BCUT2D eigenvalue weighted by atomic mass is 127. The zero-order valence-corrected chi connectivity index (χ0v) is 9.12. The number of hydrogen-bond acceptors (Lipinski definition) is 4. The summed E-state index contributed by atoms with van der Waals surface area (Å²) in [5.41, 5.74) is 10.8. The average molecular weight is 362 g/mol. The van der Waals surface area contributed by atoms with E-state index in [1.807, 2.05) is 45.2 Å². The normalized spacial score (nSPS) is 9.80. The van der Waals surface area contributed by atoms with Crippen LogP contribution in [-0.2, 0) is 0 Å². The Balaban J connectivity index is 3.28. The Morgan fingerprint density at radius 3 is 1.50 bits per heavy atom. The quantitative estimate of drug-likeness (QED) is 0.671. The van der Waals surface area contributed by atoms with E-state index in [1.54, 1.807) is 0 Å². The molecule has 0 aliphatic carbocycles. The van der Waals surface area contributed by atoms with Crippen molar-refractivity contribution in [1.82, 2.24) is 9.97 Å². The van der Waals surface area contributed by atoms with Crippen LogP contribution in [0.4, 0.5) is 11.6 Å². The Hall–Kier alpha value is 0.140. The molecule has 4 nitrogen and oxygen atoms in total. The number of nitrogens with zero attached hydrogens (tertiary/aromatic N) is 2. The molecule has 10 heavy (non-hydrogen) atoms. The molecular formula is C4H4I2N4. The van der Waals surface area contributed by atoms with E-state index in [-0.39, 0.29) is 0 Å². The van der Waals surface area contributed by atoms with Gasteiger partial charge in [0.2, 0.25) is 0 Å². The van der Waals surface area contributed by atoms with Crippen LogP contribution in [0.5, 0.6) is 0 Å². The predicted molar refractivity (Wildman–Crippen MR) is 56.3 cm³/mol. The zero-order chi connectivity index (χ0) is 7.72. The third-order valence-corrected chi connectivity index (χ3v) is 3.41. The molecular weight excluding hydrogens is 358 g/mol. The second-order valence-electron chi connectivity index (χ2n) is 1.58. The molecule has 4 N–H and O–H groups in total. The molecule has 0 saturated heterocycles. The first-order valence-corrected chi connectivity index (χ1v) is 4.51. The summed E-state index contributed by atoms with van der Waals surface area (Å²) < 4.78 is 1.56. The van der Waals surface area contributed by atoms with E-state index in [4.69, 9.17) is 11.5 Å². The Morgan fingerprint density at radius 2 is 1.20 bits per heavy atom. The maximum absolute atomic E-state index is 5.38. The molecule has 1 aromatic heterocycles. The van der Waals surface area contributed by atoms with E-state index in [0.29, 0.717) is 11.6 Å². The van der Waals surface area contributed by atoms with Gasteiger partial charge in [-0.3, -0.25) is 0 Å². The third-order valence-electron chi connectivity index (χ3n) is 0.870. The Bertz CT molecular complexity index is 211. The molecule has 0 unspecified atom stereocenters. The smallest absolute Gasteiger partial charge is 0.167 e. The van der Waals surface area contributed by atoms with Crippen LogP contribution in [0.3, 0.4) is 0 Å². The number of rotatable bonds is 0. The number of nitrogens with two attached hydrogens (primary N) is 2. The fraction of sp³-hybridized carbons (Fsp3) is 0. The van der Waals surface area contributed by atoms with Crippen molar-refractivity contribution in [3.05, 3.63) is 7.40 Å². The van der Waals surface area contributed by atoms with Crippen LogP contribution >= 0.6 is 45.2 Å². The molecule has 6 heteroatoms. The van der Waals surface area contributed by atoms with Gasteiger partial charge in [0.1, 0.15) is 7.40 Å². The van der Waals surface area contributed by atoms with Crippen LogP contribution < -0.4 is 11.5 Å². The molecule has 0 aromatic carbocycles. The van der Waals surface area contributed by atoms with E-state index < -0.39 is 0 Å². The van der Waals surface area contributed by atoms with Gasteiger partial charge in [-0.2, -0.15) is 0 Å².